The number of ether oxygens (including phenoxy) is 1. The zero-order valence-electron chi connectivity index (χ0n) is 15.2. The highest BCUT2D eigenvalue weighted by Crippen LogP contribution is 2.29. The first-order valence-corrected chi connectivity index (χ1v) is 9.86. The van der Waals surface area contributed by atoms with E-state index in [1.54, 1.807) is 0 Å². The Labute approximate surface area is 153 Å². The van der Waals surface area contributed by atoms with Gasteiger partial charge in [0.15, 0.2) is 0 Å². The Morgan fingerprint density at radius 1 is 1.12 bits per heavy atom. The maximum Gasteiger partial charge on any atom is 0.223 e. The van der Waals surface area contributed by atoms with Gasteiger partial charge in [-0.15, -0.1) is 12.4 Å². The Hall–Kier alpha value is -0.320. The molecule has 1 N–H and O–H groups in total. The molecule has 0 spiro atoms. The standard InChI is InChI=1S/C19H34N2O2.ClH/c1-15(16-8-10-20-11-9-16)13-19(22)21(17-5-2-3-6-17)14-18-7-4-12-23-18;/h15-18,20H,2-14H2,1H3;1H. The van der Waals surface area contributed by atoms with E-state index >= 15 is 0 Å². The maximum atomic E-state index is 13.0. The summed E-state index contributed by atoms with van der Waals surface area (Å²) in [6.07, 6.45) is 10.7. The Morgan fingerprint density at radius 3 is 2.46 bits per heavy atom. The molecule has 0 radical (unpaired) electrons. The molecule has 4 nitrogen and oxygen atoms in total. The molecule has 1 saturated carbocycles. The fraction of sp³-hybridized carbons (Fsp3) is 0.947. The van der Waals surface area contributed by atoms with E-state index in [2.05, 4.69) is 17.1 Å². The molecule has 2 heterocycles. The zero-order chi connectivity index (χ0) is 16.1. The Kier molecular flexibility index (Phi) is 8.32. The first kappa shape index (κ1) is 20.0. The molecule has 1 amide bonds. The number of carbonyl (C=O) groups excluding carboxylic acids is 1. The maximum absolute atomic E-state index is 13.0. The second-order valence-corrected chi connectivity index (χ2v) is 7.89. The molecule has 2 unspecified atom stereocenters. The van der Waals surface area contributed by atoms with Crippen LogP contribution in [0.5, 0.6) is 0 Å². The highest BCUT2D eigenvalue weighted by atomic mass is 35.5. The molecule has 0 bridgehead atoms. The first-order chi connectivity index (χ1) is 11.2. The lowest BCUT2D eigenvalue weighted by Crippen LogP contribution is -2.44. The number of hydrogen-bond acceptors (Lipinski definition) is 3. The van der Waals surface area contributed by atoms with E-state index in [0.29, 0.717) is 23.8 Å². The second kappa shape index (κ2) is 9.98. The minimum absolute atomic E-state index is 0. The molecule has 1 aliphatic carbocycles. The molecule has 24 heavy (non-hydrogen) atoms. The van der Waals surface area contributed by atoms with Crippen molar-refractivity contribution in [3.05, 3.63) is 0 Å². The van der Waals surface area contributed by atoms with Crippen LogP contribution in [-0.4, -0.2) is 49.2 Å². The van der Waals surface area contributed by atoms with Gasteiger partial charge >= 0.3 is 0 Å². The highest BCUT2D eigenvalue weighted by molar-refractivity contribution is 5.85. The number of halogens is 1. The largest absolute Gasteiger partial charge is 0.376 e. The normalized spacial score (nSPS) is 27.0. The van der Waals surface area contributed by atoms with Crippen LogP contribution in [0.25, 0.3) is 0 Å². The Morgan fingerprint density at radius 2 is 1.83 bits per heavy atom. The van der Waals surface area contributed by atoms with Crippen molar-refractivity contribution in [3.63, 3.8) is 0 Å². The topological polar surface area (TPSA) is 41.6 Å². The van der Waals surface area contributed by atoms with Gasteiger partial charge in [-0.05, 0) is 63.5 Å². The SMILES string of the molecule is CC(CC(=O)N(CC1CCCO1)C1CCCC1)C1CCNCC1.Cl. The van der Waals surface area contributed by atoms with Crippen LogP contribution in [0.15, 0.2) is 0 Å². The third kappa shape index (κ3) is 5.34. The molecule has 0 aromatic rings. The Bertz CT molecular complexity index is 376. The van der Waals surface area contributed by atoms with Gasteiger partial charge in [0.05, 0.1) is 6.10 Å². The second-order valence-electron chi connectivity index (χ2n) is 7.89. The fourth-order valence-electron chi connectivity index (χ4n) is 4.65. The van der Waals surface area contributed by atoms with Crippen molar-refractivity contribution in [2.45, 2.75) is 76.9 Å². The van der Waals surface area contributed by atoms with Crippen LogP contribution in [-0.2, 0) is 9.53 Å². The molecule has 3 fully saturated rings. The van der Waals surface area contributed by atoms with Crippen molar-refractivity contribution in [1.29, 1.82) is 0 Å². The average Bonchev–Trinajstić information content (AvgIpc) is 3.27. The molecular weight excluding hydrogens is 324 g/mol. The smallest absolute Gasteiger partial charge is 0.223 e. The number of rotatable bonds is 6. The molecule has 2 atom stereocenters. The van der Waals surface area contributed by atoms with E-state index in [1.807, 2.05) is 0 Å². The van der Waals surface area contributed by atoms with E-state index in [4.69, 9.17) is 4.74 Å². The van der Waals surface area contributed by atoms with E-state index in [9.17, 15) is 4.79 Å². The van der Waals surface area contributed by atoms with Crippen molar-refractivity contribution in [3.8, 4) is 0 Å². The lowest BCUT2D eigenvalue weighted by molar-refractivity contribution is -0.136. The van der Waals surface area contributed by atoms with Crippen LogP contribution >= 0.6 is 12.4 Å². The summed E-state index contributed by atoms with van der Waals surface area (Å²) >= 11 is 0. The summed E-state index contributed by atoms with van der Waals surface area (Å²) in [5, 5.41) is 3.43. The van der Waals surface area contributed by atoms with Crippen molar-refractivity contribution < 1.29 is 9.53 Å². The van der Waals surface area contributed by atoms with Crippen molar-refractivity contribution >= 4 is 18.3 Å². The third-order valence-corrected chi connectivity index (χ3v) is 6.20. The molecule has 0 aromatic carbocycles. The van der Waals surface area contributed by atoms with Gasteiger partial charge in [0.2, 0.25) is 5.91 Å². The number of hydrogen-bond donors (Lipinski definition) is 1. The van der Waals surface area contributed by atoms with Crippen LogP contribution in [0.1, 0.15) is 64.7 Å². The van der Waals surface area contributed by atoms with E-state index < -0.39 is 0 Å². The number of amides is 1. The molecule has 140 valence electrons. The predicted octanol–water partition coefficient (Wildman–Crippen LogP) is 3.38. The van der Waals surface area contributed by atoms with E-state index in [-0.39, 0.29) is 18.5 Å². The van der Waals surface area contributed by atoms with Crippen LogP contribution in [0, 0.1) is 11.8 Å². The minimum Gasteiger partial charge on any atom is -0.376 e. The van der Waals surface area contributed by atoms with Gasteiger partial charge in [-0.1, -0.05) is 19.8 Å². The zero-order valence-corrected chi connectivity index (χ0v) is 16.0. The van der Waals surface area contributed by atoms with Gasteiger partial charge in [-0.3, -0.25) is 4.79 Å². The molecule has 5 heteroatoms. The lowest BCUT2D eigenvalue weighted by Gasteiger charge is -2.34. The first-order valence-electron chi connectivity index (χ1n) is 9.86. The predicted molar refractivity (Wildman–Crippen MR) is 99.6 cm³/mol. The molecular formula is C19H35ClN2O2. The molecule has 3 aliphatic rings. The van der Waals surface area contributed by atoms with E-state index in [1.165, 1.54) is 38.5 Å². The van der Waals surface area contributed by atoms with Gasteiger partial charge in [0.25, 0.3) is 0 Å². The molecule has 2 aliphatic heterocycles. The van der Waals surface area contributed by atoms with Gasteiger partial charge in [0.1, 0.15) is 0 Å². The van der Waals surface area contributed by atoms with Gasteiger partial charge < -0.3 is 15.0 Å². The summed E-state index contributed by atoms with van der Waals surface area (Å²) in [4.78, 5) is 15.2. The summed E-state index contributed by atoms with van der Waals surface area (Å²) in [6.45, 7) is 6.23. The molecule has 2 saturated heterocycles. The number of nitrogens with one attached hydrogen (secondary N) is 1. The number of nitrogens with zero attached hydrogens (tertiary/aromatic N) is 1. The van der Waals surface area contributed by atoms with Crippen molar-refractivity contribution in [1.82, 2.24) is 10.2 Å². The molecule has 0 aromatic heterocycles. The summed E-state index contributed by atoms with van der Waals surface area (Å²) < 4.78 is 5.81. The van der Waals surface area contributed by atoms with Crippen LogP contribution in [0.3, 0.4) is 0 Å². The molecule has 3 rings (SSSR count). The lowest BCUT2D eigenvalue weighted by atomic mass is 9.84. The van der Waals surface area contributed by atoms with Crippen LogP contribution < -0.4 is 5.32 Å². The number of piperidine rings is 1. The average molecular weight is 359 g/mol. The summed E-state index contributed by atoms with van der Waals surface area (Å²) in [5.74, 6) is 1.62. The minimum atomic E-state index is 0. The monoisotopic (exact) mass is 358 g/mol. The highest BCUT2D eigenvalue weighted by Gasteiger charge is 2.32. The van der Waals surface area contributed by atoms with E-state index in [0.717, 1.165) is 45.5 Å². The van der Waals surface area contributed by atoms with Crippen LogP contribution in [0.4, 0.5) is 0 Å². The quantitative estimate of drug-likeness (QED) is 0.791. The summed E-state index contributed by atoms with van der Waals surface area (Å²) in [7, 11) is 0. The Balaban J connectivity index is 0.00000208. The summed E-state index contributed by atoms with van der Waals surface area (Å²) in [5.41, 5.74) is 0. The number of carbonyl (C=O) groups is 1. The van der Waals surface area contributed by atoms with Crippen LogP contribution in [0.2, 0.25) is 0 Å². The third-order valence-electron chi connectivity index (χ3n) is 6.20. The van der Waals surface area contributed by atoms with Crippen molar-refractivity contribution in [2.24, 2.45) is 11.8 Å². The van der Waals surface area contributed by atoms with Gasteiger partial charge in [-0.25, -0.2) is 0 Å². The van der Waals surface area contributed by atoms with Gasteiger partial charge in [0, 0.05) is 25.6 Å². The van der Waals surface area contributed by atoms with Gasteiger partial charge in [-0.2, -0.15) is 0 Å². The summed E-state index contributed by atoms with van der Waals surface area (Å²) in [6, 6.07) is 0.479. The fourth-order valence-corrected chi connectivity index (χ4v) is 4.65. The van der Waals surface area contributed by atoms with Crippen molar-refractivity contribution in [2.75, 3.05) is 26.2 Å².